The van der Waals surface area contributed by atoms with Crippen LogP contribution in [0.25, 0.3) is 0 Å². The van der Waals surface area contributed by atoms with Crippen LogP contribution in [-0.4, -0.2) is 9.55 Å². The average molecular weight is 269 g/mol. The molecule has 0 unspecified atom stereocenters. The van der Waals surface area contributed by atoms with Crippen LogP contribution >= 0.6 is 0 Å². The van der Waals surface area contributed by atoms with Crippen molar-refractivity contribution in [3.63, 3.8) is 0 Å². The van der Waals surface area contributed by atoms with Gasteiger partial charge in [0.15, 0.2) is 0 Å². The molecule has 2 aromatic heterocycles. The number of nitrogens with zero attached hydrogens (tertiary/aromatic N) is 2. The smallest absolute Gasteiger partial charge is 0.399 e. The maximum Gasteiger partial charge on any atom is 0.417 e. The van der Waals surface area contributed by atoms with Crippen LogP contribution in [0.5, 0.6) is 0 Å². The molecule has 0 aliphatic carbocycles. The molecule has 0 bridgehead atoms. The summed E-state index contributed by atoms with van der Waals surface area (Å²) in [5.41, 5.74) is 4.99. The van der Waals surface area contributed by atoms with Crippen molar-refractivity contribution in [3.05, 3.63) is 58.3 Å². The summed E-state index contributed by atoms with van der Waals surface area (Å²) in [6, 6.07) is 4.70. The van der Waals surface area contributed by atoms with E-state index in [0.717, 1.165) is 22.9 Å². The monoisotopic (exact) mass is 269 g/mol. The standard InChI is InChI=1S/C12H10F3N3O/c13-12(14,15)8-1-2-11(19)18(6-8)7-10-5-9(16)3-4-17-10/h1-6H,7H2,(H2,16,17). The minimum absolute atomic E-state index is 0.0617. The fraction of sp³-hybridized carbons (Fsp3) is 0.167. The van der Waals surface area contributed by atoms with E-state index in [1.165, 1.54) is 12.3 Å². The molecule has 0 saturated heterocycles. The number of hydrogen-bond acceptors (Lipinski definition) is 3. The normalized spacial score (nSPS) is 11.5. The van der Waals surface area contributed by atoms with E-state index in [1.807, 2.05) is 0 Å². The summed E-state index contributed by atoms with van der Waals surface area (Å²) in [6.07, 6.45) is -2.28. The van der Waals surface area contributed by atoms with E-state index < -0.39 is 17.3 Å². The van der Waals surface area contributed by atoms with E-state index in [9.17, 15) is 18.0 Å². The molecule has 2 heterocycles. The predicted octanol–water partition coefficient (Wildman–Crippen LogP) is 1.89. The molecule has 0 saturated carbocycles. The van der Waals surface area contributed by atoms with Gasteiger partial charge in [-0.05, 0) is 18.2 Å². The van der Waals surface area contributed by atoms with E-state index in [1.54, 1.807) is 6.07 Å². The third-order valence-corrected chi connectivity index (χ3v) is 2.48. The van der Waals surface area contributed by atoms with E-state index in [2.05, 4.69) is 4.98 Å². The number of pyridine rings is 2. The van der Waals surface area contributed by atoms with Crippen LogP contribution in [0.1, 0.15) is 11.3 Å². The molecule has 0 atom stereocenters. The SMILES string of the molecule is Nc1ccnc(Cn2cc(C(F)(F)F)ccc2=O)c1. The average Bonchev–Trinajstić information content (AvgIpc) is 2.30. The second-order valence-electron chi connectivity index (χ2n) is 3.96. The van der Waals surface area contributed by atoms with Crippen molar-refractivity contribution < 1.29 is 13.2 Å². The largest absolute Gasteiger partial charge is 0.417 e. The second kappa shape index (κ2) is 4.75. The van der Waals surface area contributed by atoms with Gasteiger partial charge in [0, 0.05) is 24.1 Å². The summed E-state index contributed by atoms with van der Waals surface area (Å²) >= 11 is 0. The summed E-state index contributed by atoms with van der Waals surface area (Å²) in [6.45, 7) is -0.0617. The Balaban J connectivity index is 2.37. The number of rotatable bonds is 2. The Hall–Kier alpha value is -2.31. The molecule has 0 radical (unpaired) electrons. The highest BCUT2D eigenvalue weighted by Gasteiger charge is 2.31. The zero-order valence-corrected chi connectivity index (χ0v) is 9.69. The number of aromatic nitrogens is 2. The summed E-state index contributed by atoms with van der Waals surface area (Å²) in [5.74, 6) is 0. The molecule has 100 valence electrons. The van der Waals surface area contributed by atoms with E-state index in [0.29, 0.717) is 11.4 Å². The number of nitrogens with two attached hydrogens (primary N) is 1. The topological polar surface area (TPSA) is 60.9 Å². The molecule has 0 aliphatic rings. The maximum absolute atomic E-state index is 12.6. The van der Waals surface area contributed by atoms with Crippen molar-refractivity contribution in [3.8, 4) is 0 Å². The van der Waals surface area contributed by atoms with E-state index >= 15 is 0 Å². The van der Waals surface area contributed by atoms with Crippen LogP contribution < -0.4 is 11.3 Å². The van der Waals surface area contributed by atoms with Gasteiger partial charge in [-0.3, -0.25) is 9.78 Å². The molecule has 0 spiro atoms. The molecule has 2 rings (SSSR count). The number of nitrogen functional groups attached to an aromatic ring is 1. The van der Waals surface area contributed by atoms with Gasteiger partial charge in [-0.2, -0.15) is 13.2 Å². The molecular weight excluding hydrogens is 259 g/mol. The highest BCUT2D eigenvalue weighted by molar-refractivity contribution is 5.37. The Morgan fingerprint density at radius 2 is 2.00 bits per heavy atom. The molecule has 0 amide bonds. The van der Waals surface area contributed by atoms with E-state index in [-0.39, 0.29) is 6.54 Å². The van der Waals surface area contributed by atoms with Gasteiger partial charge >= 0.3 is 6.18 Å². The van der Waals surface area contributed by atoms with Gasteiger partial charge in [-0.1, -0.05) is 0 Å². The zero-order chi connectivity index (χ0) is 14.0. The first kappa shape index (κ1) is 13.1. The summed E-state index contributed by atoms with van der Waals surface area (Å²) in [7, 11) is 0. The van der Waals surface area contributed by atoms with Crippen LogP contribution in [0, 0.1) is 0 Å². The van der Waals surface area contributed by atoms with Crippen molar-refractivity contribution in [2.45, 2.75) is 12.7 Å². The predicted molar refractivity (Wildman–Crippen MR) is 63.5 cm³/mol. The summed E-state index contributed by atoms with van der Waals surface area (Å²) in [4.78, 5) is 15.5. The molecule has 0 aromatic carbocycles. The first-order chi connectivity index (χ1) is 8.86. The number of anilines is 1. The molecule has 2 N–H and O–H groups in total. The van der Waals surface area contributed by atoms with Crippen molar-refractivity contribution in [1.82, 2.24) is 9.55 Å². The lowest BCUT2D eigenvalue weighted by Crippen LogP contribution is -2.22. The van der Waals surface area contributed by atoms with Crippen LogP contribution in [0.4, 0.5) is 18.9 Å². The molecule has 4 nitrogen and oxygen atoms in total. The van der Waals surface area contributed by atoms with Gasteiger partial charge in [0.1, 0.15) is 0 Å². The zero-order valence-electron chi connectivity index (χ0n) is 9.69. The molecule has 2 aromatic rings. The van der Waals surface area contributed by atoms with Gasteiger partial charge in [-0.25, -0.2) is 0 Å². The summed E-state index contributed by atoms with van der Waals surface area (Å²) < 4.78 is 38.6. The third kappa shape index (κ3) is 3.12. The Morgan fingerprint density at radius 1 is 1.26 bits per heavy atom. The maximum atomic E-state index is 12.6. The quantitative estimate of drug-likeness (QED) is 0.905. The molecular formula is C12H10F3N3O. The highest BCUT2D eigenvalue weighted by atomic mass is 19.4. The number of hydrogen-bond donors (Lipinski definition) is 1. The van der Waals surface area contributed by atoms with Gasteiger partial charge < -0.3 is 10.3 Å². The lowest BCUT2D eigenvalue weighted by molar-refractivity contribution is -0.138. The van der Waals surface area contributed by atoms with Gasteiger partial charge in [0.05, 0.1) is 17.8 Å². The van der Waals surface area contributed by atoms with Crippen LogP contribution in [0.2, 0.25) is 0 Å². The Labute approximate surface area is 106 Å². The minimum Gasteiger partial charge on any atom is -0.399 e. The van der Waals surface area contributed by atoms with Crippen LogP contribution in [0.3, 0.4) is 0 Å². The van der Waals surface area contributed by atoms with Crippen molar-refractivity contribution in [1.29, 1.82) is 0 Å². The molecule has 0 fully saturated rings. The lowest BCUT2D eigenvalue weighted by atomic mass is 10.2. The molecule has 19 heavy (non-hydrogen) atoms. The van der Waals surface area contributed by atoms with Gasteiger partial charge in [-0.15, -0.1) is 0 Å². The Bertz CT molecular complexity index is 649. The Kier molecular flexibility index (Phi) is 3.28. The first-order valence-electron chi connectivity index (χ1n) is 5.34. The number of halogens is 3. The van der Waals surface area contributed by atoms with Crippen LogP contribution in [-0.2, 0) is 12.7 Å². The third-order valence-electron chi connectivity index (χ3n) is 2.48. The molecule has 7 heteroatoms. The van der Waals surface area contributed by atoms with Crippen molar-refractivity contribution >= 4 is 5.69 Å². The fourth-order valence-electron chi connectivity index (χ4n) is 1.58. The highest BCUT2D eigenvalue weighted by Crippen LogP contribution is 2.28. The van der Waals surface area contributed by atoms with Gasteiger partial charge in [0.2, 0.25) is 0 Å². The minimum atomic E-state index is -4.49. The lowest BCUT2D eigenvalue weighted by Gasteiger charge is -2.10. The van der Waals surface area contributed by atoms with Gasteiger partial charge in [0.25, 0.3) is 5.56 Å². The van der Waals surface area contributed by atoms with Crippen molar-refractivity contribution in [2.24, 2.45) is 0 Å². The fourth-order valence-corrected chi connectivity index (χ4v) is 1.58. The number of alkyl halides is 3. The first-order valence-corrected chi connectivity index (χ1v) is 5.34. The van der Waals surface area contributed by atoms with E-state index in [4.69, 9.17) is 5.73 Å². The van der Waals surface area contributed by atoms with Crippen molar-refractivity contribution in [2.75, 3.05) is 5.73 Å². The Morgan fingerprint density at radius 3 is 2.63 bits per heavy atom. The summed E-state index contributed by atoms with van der Waals surface area (Å²) in [5, 5.41) is 0. The molecule has 0 aliphatic heterocycles. The second-order valence-corrected chi connectivity index (χ2v) is 3.96. The van der Waals surface area contributed by atoms with Crippen LogP contribution in [0.15, 0.2) is 41.5 Å².